The van der Waals surface area contributed by atoms with E-state index in [2.05, 4.69) is 229 Å². The van der Waals surface area contributed by atoms with E-state index in [0.717, 1.165) is 92.8 Å². The molecular weight excluding hydrogens is 1300 g/mol. The van der Waals surface area contributed by atoms with Crippen LogP contribution in [0, 0.1) is 34.5 Å². The van der Waals surface area contributed by atoms with E-state index in [4.69, 9.17) is 0 Å². The maximum absolute atomic E-state index is 15.5. The molecule has 2 heterocycles. The van der Waals surface area contributed by atoms with Gasteiger partial charge in [-0.1, -0.05) is 279 Å². The Morgan fingerprint density at radius 1 is 0.346 bits per heavy atom. The fourth-order valence-corrected chi connectivity index (χ4v) is 25.0. The number of Topliss-reactive ketones (excluding diaryl/α,β-unsaturated/α-hetero) is 2. The molecule has 4 bridgehead atoms. The van der Waals surface area contributed by atoms with Crippen LogP contribution in [0.4, 0.5) is 0 Å². The third-order valence-corrected chi connectivity index (χ3v) is 31.7. The Bertz CT molecular complexity index is 5160. The van der Waals surface area contributed by atoms with Crippen LogP contribution < -0.4 is 0 Å². The Morgan fingerprint density at radius 2 is 0.776 bits per heavy atom. The lowest BCUT2D eigenvalue weighted by molar-refractivity contribution is 0.0726. The molecule has 9 aliphatic rings. The predicted octanol–water partition coefficient (Wildman–Crippen LogP) is 29.9. The first-order valence-electron chi connectivity index (χ1n) is 43.9. The number of hydrogen-bond donors (Lipinski definition) is 0. The number of rotatable bonds is 27. The van der Waals surface area contributed by atoms with Crippen LogP contribution in [0.2, 0.25) is 0 Å². The molecule has 3 nitrogen and oxygen atoms in total. The topological polar surface area (TPSA) is 38.5 Å². The molecule has 2 aromatic heterocycles. The lowest BCUT2D eigenvalue weighted by Crippen LogP contribution is -2.42. The van der Waals surface area contributed by atoms with Gasteiger partial charge in [0.05, 0.1) is 16.6 Å². The van der Waals surface area contributed by atoms with Crippen molar-refractivity contribution >= 4 is 49.7 Å². The highest BCUT2D eigenvalue weighted by molar-refractivity contribution is 6.28. The van der Waals surface area contributed by atoms with Crippen molar-refractivity contribution in [2.45, 2.75) is 310 Å². The van der Waals surface area contributed by atoms with Crippen molar-refractivity contribution in [3.05, 3.63) is 183 Å². The van der Waals surface area contributed by atoms with Gasteiger partial charge in [0, 0.05) is 59.7 Å². The average Bonchev–Trinajstić information content (AvgIpc) is 1.50. The second kappa shape index (κ2) is 27.1. The molecule has 0 saturated heterocycles. The first kappa shape index (κ1) is 72.7. The van der Waals surface area contributed by atoms with Crippen molar-refractivity contribution in [2.75, 3.05) is 0 Å². The second-order valence-electron chi connectivity index (χ2n) is 38.0. The molecule has 0 aliphatic heterocycles. The van der Waals surface area contributed by atoms with E-state index in [1.807, 2.05) is 0 Å². The zero-order valence-electron chi connectivity index (χ0n) is 68.2. The Labute approximate surface area is 643 Å². The minimum absolute atomic E-state index is 0.0255. The summed E-state index contributed by atoms with van der Waals surface area (Å²) in [4.78, 5) is 30.9. The first-order chi connectivity index (χ1) is 51.7. The number of fused-ring (bicyclic) bond motifs is 20. The van der Waals surface area contributed by atoms with Crippen LogP contribution in [0.15, 0.2) is 127 Å². The molecule has 19 rings (SSSR count). The summed E-state index contributed by atoms with van der Waals surface area (Å²) >= 11 is 0. The highest BCUT2D eigenvalue weighted by atomic mass is 16.1. The van der Waals surface area contributed by atoms with E-state index in [9.17, 15) is 0 Å². The molecule has 8 aromatic carbocycles. The molecule has 3 heteroatoms. The summed E-state index contributed by atoms with van der Waals surface area (Å²) in [7, 11) is 0. The first-order valence-corrected chi connectivity index (χ1v) is 43.9. The van der Waals surface area contributed by atoms with E-state index in [1.54, 1.807) is 22.3 Å². The van der Waals surface area contributed by atoms with Crippen LogP contribution in [-0.2, 0) is 27.1 Å². The van der Waals surface area contributed by atoms with E-state index < -0.39 is 0 Å². The zero-order valence-corrected chi connectivity index (χ0v) is 68.2. The monoisotopic (exact) mass is 1420 g/mol. The van der Waals surface area contributed by atoms with Crippen molar-refractivity contribution in [3.63, 3.8) is 0 Å². The number of nitrogens with zero attached hydrogens (tertiary/aromatic N) is 1. The van der Waals surface area contributed by atoms with Crippen molar-refractivity contribution in [3.8, 4) is 55.6 Å². The molecule has 0 N–H and O–H groups in total. The van der Waals surface area contributed by atoms with Gasteiger partial charge in [0.25, 0.3) is 0 Å². The van der Waals surface area contributed by atoms with Gasteiger partial charge < -0.3 is 4.40 Å². The number of benzene rings is 8. The lowest BCUT2D eigenvalue weighted by atomic mass is 9.57. The minimum atomic E-state index is -0.367. The van der Waals surface area contributed by atoms with Gasteiger partial charge in [-0.3, -0.25) is 9.59 Å². The van der Waals surface area contributed by atoms with Crippen LogP contribution >= 0.6 is 0 Å². The van der Waals surface area contributed by atoms with Crippen molar-refractivity contribution in [1.82, 2.24) is 4.40 Å². The van der Waals surface area contributed by atoms with Crippen molar-refractivity contribution < 1.29 is 9.59 Å². The molecule has 6 atom stereocenters. The summed E-state index contributed by atoms with van der Waals surface area (Å²) in [5.74, 6) is 2.74. The maximum atomic E-state index is 15.5. The number of hydrogen-bond acceptors (Lipinski definition) is 2. The molecule has 2 saturated carbocycles. The number of carbonyl (C=O) groups is 2. The Balaban J connectivity index is 0.846. The number of carbonyl (C=O) groups excluding carboxylic acids is 2. The van der Waals surface area contributed by atoms with Gasteiger partial charge in [0.2, 0.25) is 0 Å². The minimum Gasteiger partial charge on any atom is -0.308 e. The van der Waals surface area contributed by atoms with Gasteiger partial charge in [0.15, 0.2) is 11.6 Å². The number of aromatic nitrogens is 1. The summed E-state index contributed by atoms with van der Waals surface area (Å²) in [6.45, 7) is 34.1. The number of unbranched alkanes of at least 4 members (excludes halogenated alkanes) is 8. The van der Waals surface area contributed by atoms with Crippen LogP contribution in [0.1, 0.15) is 348 Å². The maximum Gasteiger partial charge on any atom is 0.169 e. The van der Waals surface area contributed by atoms with Crippen molar-refractivity contribution in [2.24, 2.45) is 34.5 Å². The average molecular weight is 1420 g/mol. The SMILES string of the molecule is CCCCCCC(CC)C1(C(CC)CCCCC)c2ccccc2-c2ccc(-c3ccc4c(c3)C(C)(C)c3cc(-c5ccc6c(c5)C(CC(CC)CCCC)(C(CC)CCCCC)c5c-6cc6c7cc8c(cc7n7c9cc%10c(cc9c5c67)C5(C)CCC(C)(CC5)C%10=O)C(=O)C5(C)CCC8(C)CC5)ccc3-4)cc21. The molecule has 558 valence electrons. The molecule has 9 aliphatic carbocycles. The normalized spacial score (nSPS) is 25.2. The molecule has 0 spiro atoms. The molecule has 107 heavy (non-hydrogen) atoms. The smallest absolute Gasteiger partial charge is 0.169 e. The van der Waals surface area contributed by atoms with Crippen molar-refractivity contribution in [1.29, 1.82) is 0 Å². The summed E-state index contributed by atoms with van der Waals surface area (Å²) in [5, 5.41) is 5.30. The van der Waals surface area contributed by atoms with Crippen LogP contribution in [0.3, 0.4) is 0 Å². The van der Waals surface area contributed by atoms with Gasteiger partial charge >= 0.3 is 0 Å². The molecule has 2 fully saturated rings. The van der Waals surface area contributed by atoms with Gasteiger partial charge in [0.1, 0.15) is 0 Å². The van der Waals surface area contributed by atoms with Gasteiger partial charge in [-0.25, -0.2) is 0 Å². The van der Waals surface area contributed by atoms with Gasteiger partial charge in [-0.05, 0) is 266 Å². The highest BCUT2D eigenvalue weighted by Crippen LogP contribution is 2.66. The largest absolute Gasteiger partial charge is 0.308 e. The predicted molar refractivity (Wildman–Crippen MR) is 455 cm³/mol. The van der Waals surface area contributed by atoms with Gasteiger partial charge in [-0.2, -0.15) is 0 Å². The third kappa shape index (κ3) is 10.7. The summed E-state index contributed by atoms with van der Waals surface area (Å²) in [6.07, 6.45) is 33.7. The summed E-state index contributed by atoms with van der Waals surface area (Å²) in [5.41, 5.74) is 29.6. The Morgan fingerprint density at radius 3 is 1.29 bits per heavy atom. The fraction of sp³-hybridized carbons (Fsp3) is 0.519. The fourth-order valence-electron chi connectivity index (χ4n) is 25.0. The van der Waals surface area contributed by atoms with Crippen LogP contribution in [0.25, 0.3) is 93.7 Å². The third-order valence-electron chi connectivity index (χ3n) is 31.7. The molecule has 6 unspecified atom stereocenters. The molecule has 0 amide bonds. The van der Waals surface area contributed by atoms with Crippen LogP contribution in [-0.4, -0.2) is 16.0 Å². The summed E-state index contributed by atoms with van der Waals surface area (Å²) < 4.78 is 2.62. The summed E-state index contributed by atoms with van der Waals surface area (Å²) in [6, 6.07) is 53.0. The molecule has 0 radical (unpaired) electrons. The van der Waals surface area contributed by atoms with Gasteiger partial charge in [-0.15, -0.1) is 0 Å². The Hall–Kier alpha value is -7.10. The van der Waals surface area contributed by atoms with Crippen LogP contribution in [0.5, 0.6) is 0 Å². The van der Waals surface area contributed by atoms with E-state index in [-0.39, 0.29) is 37.9 Å². The standard InChI is InChI=1S/C104H125NO2/c1-15-23-27-30-36-72(22-8)104(71(21-7)35-29-25-17-3)84-38-32-31-37-73(84)76-45-41-69(58-90(76)104)67-40-44-75-74-43-39-66(55-85(74)98(9,10)86(75)56-67)68-42-46-77-79-59-80-78-60-87-81(96(106)101(13)51-47-99(87,11)48-52-101)62-91(78)105-92-63-82-88(100(12)49-53-102(14,54-50-100)97(82)107)61-83(92)93(95(80)105)94(79)103(89(77)57-68,64-65(19-5)33-26-18-4)70(20-6)34-28-24-16-2/h31-32,37-46,55-63,65,70-72H,15-30,33-36,47-54,64H2,1-14H3. The second-order valence-corrected chi connectivity index (χ2v) is 38.0. The number of ketones is 2. The zero-order chi connectivity index (χ0) is 74.5. The molecule has 10 aromatic rings. The van der Waals surface area contributed by atoms with E-state index >= 15 is 9.59 Å². The van der Waals surface area contributed by atoms with E-state index in [0.29, 0.717) is 35.2 Å². The molecular formula is C104H125NO2. The highest BCUT2D eigenvalue weighted by Gasteiger charge is 2.56. The lowest BCUT2D eigenvalue weighted by Gasteiger charge is -2.46. The van der Waals surface area contributed by atoms with E-state index in [1.165, 1.54) is 221 Å². The quantitative estimate of drug-likeness (QED) is 0.0481. The Kier molecular flexibility index (Phi) is 18.4.